The Kier molecular flexibility index (Phi) is 5.70. The molecular formula is C15H22ClN3O4S. The van der Waals surface area contributed by atoms with Crippen LogP contribution in [0.3, 0.4) is 0 Å². The first-order chi connectivity index (χ1) is 11.1. The lowest BCUT2D eigenvalue weighted by molar-refractivity contribution is 0.0124. The molecular weight excluding hydrogens is 354 g/mol. The molecule has 1 saturated heterocycles. The summed E-state index contributed by atoms with van der Waals surface area (Å²) < 4.78 is 30.5. The van der Waals surface area contributed by atoms with E-state index in [0.717, 1.165) is 12.8 Å². The molecule has 0 N–H and O–H groups in total. The predicted molar refractivity (Wildman–Crippen MR) is 89.7 cm³/mol. The first-order valence-electron chi connectivity index (χ1n) is 7.80. The number of hydrogen-bond donors (Lipinski definition) is 0. The molecule has 2 rings (SSSR count). The molecule has 1 aromatic rings. The van der Waals surface area contributed by atoms with E-state index >= 15 is 0 Å². The maximum Gasteiger partial charge on any atom is 0.410 e. The van der Waals surface area contributed by atoms with E-state index in [0.29, 0.717) is 13.0 Å². The Morgan fingerprint density at radius 2 is 2.04 bits per heavy atom. The van der Waals surface area contributed by atoms with E-state index in [1.807, 2.05) is 0 Å². The zero-order chi connectivity index (χ0) is 18.0. The lowest BCUT2D eigenvalue weighted by atomic mass is 10.0. The molecule has 0 spiro atoms. The molecule has 0 aromatic carbocycles. The fourth-order valence-corrected chi connectivity index (χ4v) is 4.11. The van der Waals surface area contributed by atoms with Gasteiger partial charge in [0, 0.05) is 12.6 Å². The van der Waals surface area contributed by atoms with Gasteiger partial charge in [0.2, 0.25) is 0 Å². The van der Waals surface area contributed by atoms with Gasteiger partial charge in [0.1, 0.15) is 5.60 Å². The van der Waals surface area contributed by atoms with Crippen LogP contribution in [-0.2, 0) is 14.6 Å². The molecule has 7 nitrogen and oxygen atoms in total. The zero-order valence-corrected chi connectivity index (χ0v) is 15.6. The minimum absolute atomic E-state index is 0.127. The van der Waals surface area contributed by atoms with E-state index in [4.69, 9.17) is 16.3 Å². The molecule has 0 aliphatic carbocycles. The number of likely N-dealkylation sites (tertiary alicyclic amines) is 1. The van der Waals surface area contributed by atoms with Crippen molar-refractivity contribution in [2.24, 2.45) is 0 Å². The van der Waals surface area contributed by atoms with Crippen LogP contribution in [-0.4, -0.2) is 53.5 Å². The molecule has 2 heterocycles. The molecule has 1 amide bonds. The molecule has 0 bridgehead atoms. The van der Waals surface area contributed by atoms with Gasteiger partial charge in [-0.1, -0.05) is 11.6 Å². The zero-order valence-electron chi connectivity index (χ0n) is 14.0. The minimum atomic E-state index is -3.67. The topological polar surface area (TPSA) is 89.5 Å². The molecule has 24 heavy (non-hydrogen) atoms. The highest BCUT2D eigenvalue weighted by Gasteiger charge is 2.34. The average molecular weight is 376 g/mol. The van der Waals surface area contributed by atoms with Gasteiger partial charge < -0.3 is 9.64 Å². The highest BCUT2D eigenvalue weighted by Crippen LogP contribution is 2.23. The minimum Gasteiger partial charge on any atom is -0.444 e. The molecule has 1 aromatic heterocycles. The second kappa shape index (κ2) is 7.23. The van der Waals surface area contributed by atoms with Crippen molar-refractivity contribution in [3.8, 4) is 0 Å². The van der Waals surface area contributed by atoms with Crippen LogP contribution in [0, 0.1) is 0 Å². The van der Waals surface area contributed by atoms with E-state index in [-0.39, 0.29) is 15.9 Å². The van der Waals surface area contributed by atoms with Crippen LogP contribution >= 0.6 is 11.6 Å². The van der Waals surface area contributed by atoms with Crippen molar-refractivity contribution in [1.82, 2.24) is 15.1 Å². The predicted octanol–water partition coefficient (Wildman–Crippen LogP) is 2.69. The molecule has 134 valence electrons. The van der Waals surface area contributed by atoms with Gasteiger partial charge >= 0.3 is 6.09 Å². The van der Waals surface area contributed by atoms with Gasteiger partial charge in [-0.25, -0.2) is 13.2 Å². The Bertz CT molecular complexity index is 686. The monoisotopic (exact) mass is 375 g/mol. The molecule has 0 unspecified atom stereocenters. The van der Waals surface area contributed by atoms with Crippen LogP contribution in [0.25, 0.3) is 0 Å². The lowest BCUT2D eigenvalue weighted by Crippen LogP contribution is -2.49. The van der Waals surface area contributed by atoms with Crippen molar-refractivity contribution in [1.29, 1.82) is 0 Å². The van der Waals surface area contributed by atoms with E-state index in [1.165, 1.54) is 17.0 Å². The number of sulfone groups is 1. The second-order valence-electron chi connectivity index (χ2n) is 6.80. The molecule has 1 aliphatic heterocycles. The molecule has 1 fully saturated rings. The number of ether oxygens (including phenoxy) is 1. The SMILES string of the molecule is CC(C)(C)OC(=O)N1CCCC[C@@H]1CS(=O)(=O)c1ccc(Cl)nn1. The Morgan fingerprint density at radius 1 is 1.33 bits per heavy atom. The number of piperidine rings is 1. The first kappa shape index (κ1) is 18.9. The summed E-state index contributed by atoms with van der Waals surface area (Å²) in [7, 11) is -3.67. The van der Waals surface area contributed by atoms with Gasteiger partial charge in [-0.05, 0) is 52.2 Å². The van der Waals surface area contributed by atoms with Crippen LogP contribution < -0.4 is 0 Å². The third-order valence-corrected chi connectivity index (χ3v) is 5.47. The summed E-state index contributed by atoms with van der Waals surface area (Å²) in [5, 5.41) is 7.20. The smallest absolute Gasteiger partial charge is 0.410 e. The van der Waals surface area contributed by atoms with Gasteiger partial charge in [0.15, 0.2) is 20.0 Å². The number of carbonyl (C=O) groups is 1. The molecule has 0 radical (unpaired) electrons. The van der Waals surface area contributed by atoms with E-state index < -0.39 is 27.6 Å². The standard InChI is InChI=1S/C15H22ClN3O4S/c1-15(2,3)23-14(20)19-9-5-4-6-11(19)10-24(21,22)13-8-7-12(16)17-18-13/h7-8,11H,4-6,9-10H2,1-3H3/t11-/m1/s1. The maximum absolute atomic E-state index is 12.5. The van der Waals surface area contributed by atoms with Gasteiger partial charge in [0.25, 0.3) is 0 Å². The summed E-state index contributed by atoms with van der Waals surface area (Å²) in [6, 6.07) is 2.27. The number of rotatable bonds is 3. The third-order valence-electron chi connectivity index (χ3n) is 3.59. The number of carbonyl (C=O) groups excluding carboxylic acids is 1. The number of aromatic nitrogens is 2. The van der Waals surface area contributed by atoms with Gasteiger partial charge in [-0.2, -0.15) is 0 Å². The molecule has 1 aliphatic rings. The Hall–Kier alpha value is -1.41. The van der Waals surface area contributed by atoms with Crippen LogP contribution in [0.1, 0.15) is 40.0 Å². The number of hydrogen-bond acceptors (Lipinski definition) is 6. The highest BCUT2D eigenvalue weighted by molar-refractivity contribution is 7.91. The number of amides is 1. The quantitative estimate of drug-likeness (QED) is 0.806. The molecule has 0 saturated carbocycles. The fourth-order valence-electron chi connectivity index (χ4n) is 2.54. The average Bonchev–Trinajstić information content (AvgIpc) is 2.46. The van der Waals surface area contributed by atoms with Crippen molar-refractivity contribution in [2.75, 3.05) is 12.3 Å². The van der Waals surface area contributed by atoms with Crippen molar-refractivity contribution < 1.29 is 17.9 Å². The summed E-state index contributed by atoms with van der Waals surface area (Å²) >= 11 is 5.64. The van der Waals surface area contributed by atoms with E-state index in [2.05, 4.69) is 10.2 Å². The van der Waals surface area contributed by atoms with Gasteiger partial charge in [0.05, 0.1) is 5.75 Å². The highest BCUT2D eigenvalue weighted by atomic mass is 35.5. The fraction of sp³-hybridized carbons (Fsp3) is 0.667. The van der Waals surface area contributed by atoms with E-state index in [9.17, 15) is 13.2 Å². The first-order valence-corrected chi connectivity index (χ1v) is 9.83. The van der Waals surface area contributed by atoms with Crippen LogP contribution in [0.15, 0.2) is 17.2 Å². The van der Waals surface area contributed by atoms with Crippen molar-refractivity contribution in [2.45, 2.75) is 56.7 Å². The normalized spacial score (nSPS) is 19.2. The Labute approximate surface area is 147 Å². The summed E-state index contributed by atoms with van der Waals surface area (Å²) in [5.74, 6) is -0.206. The van der Waals surface area contributed by atoms with Gasteiger partial charge in [-0.15, -0.1) is 10.2 Å². The molecule has 1 atom stereocenters. The van der Waals surface area contributed by atoms with Crippen LogP contribution in [0.4, 0.5) is 4.79 Å². The van der Waals surface area contributed by atoms with Crippen molar-refractivity contribution in [3.63, 3.8) is 0 Å². The number of nitrogens with zero attached hydrogens (tertiary/aromatic N) is 3. The molecule has 9 heteroatoms. The Morgan fingerprint density at radius 3 is 2.62 bits per heavy atom. The third kappa shape index (κ3) is 5.04. The summed E-state index contributed by atoms with van der Waals surface area (Å²) in [5.41, 5.74) is -0.625. The maximum atomic E-state index is 12.5. The largest absolute Gasteiger partial charge is 0.444 e. The Balaban J connectivity index is 2.15. The summed E-state index contributed by atoms with van der Waals surface area (Å²) in [4.78, 5) is 13.9. The van der Waals surface area contributed by atoms with Crippen LogP contribution in [0.5, 0.6) is 0 Å². The van der Waals surface area contributed by atoms with E-state index in [1.54, 1.807) is 20.8 Å². The second-order valence-corrected chi connectivity index (χ2v) is 9.17. The number of halogens is 1. The summed E-state index contributed by atoms with van der Waals surface area (Å²) in [6.45, 7) is 5.83. The van der Waals surface area contributed by atoms with Crippen molar-refractivity contribution in [3.05, 3.63) is 17.3 Å². The van der Waals surface area contributed by atoms with Crippen molar-refractivity contribution >= 4 is 27.5 Å². The van der Waals surface area contributed by atoms with Gasteiger partial charge in [-0.3, -0.25) is 0 Å². The lowest BCUT2D eigenvalue weighted by Gasteiger charge is -2.36. The summed E-state index contributed by atoms with van der Waals surface area (Å²) in [6.07, 6.45) is 1.83. The van der Waals surface area contributed by atoms with Crippen LogP contribution in [0.2, 0.25) is 5.15 Å².